The molecule has 6 nitrogen and oxygen atoms in total. The highest BCUT2D eigenvalue weighted by molar-refractivity contribution is 9.11. The molecule has 0 radical (unpaired) electrons. The number of amides is 1. The molecule has 188 valence electrons. The number of halogens is 2. The number of esters is 1. The maximum atomic E-state index is 12.8. The molecule has 0 aromatic heterocycles. The quantitative estimate of drug-likeness (QED) is 0.0974. The molecule has 0 heterocycles. The smallest absolute Gasteiger partial charge is 0.343 e. The minimum atomic E-state index is -0.754. The minimum Gasteiger partial charge on any atom is -0.479 e. The Bertz CT molecular complexity index is 1470. The van der Waals surface area contributed by atoms with E-state index in [1.54, 1.807) is 30.3 Å². The maximum Gasteiger partial charge on any atom is 0.343 e. The Hall–Kier alpha value is -3.49. The highest BCUT2D eigenvalue weighted by atomic mass is 79.9. The van der Waals surface area contributed by atoms with E-state index in [1.165, 1.54) is 6.21 Å². The molecule has 0 spiro atoms. The molecule has 0 aliphatic carbocycles. The Balaban J connectivity index is 1.45. The first-order chi connectivity index (χ1) is 17.9. The van der Waals surface area contributed by atoms with Crippen LogP contribution in [0.2, 0.25) is 0 Å². The van der Waals surface area contributed by atoms with Crippen molar-refractivity contribution in [2.24, 2.45) is 5.10 Å². The largest absolute Gasteiger partial charge is 0.479 e. The van der Waals surface area contributed by atoms with E-state index in [0.717, 1.165) is 25.3 Å². The van der Waals surface area contributed by atoms with Gasteiger partial charge in [0.2, 0.25) is 0 Å². The summed E-state index contributed by atoms with van der Waals surface area (Å²) in [5.41, 5.74) is 4.53. The number of ether oxygens (including phenoxy) is 2. The summed E-state index contributed by atoms with van der Waals surface area (Å²) in [5, 5.41) is 6.15. The Morgan fingerprint density at radius 2 is 1.70 bits per heavy atom. The molecule has 1 unspecified atom stereocenters. The third-order valence-corrected chi connectivity index (χ3v) is 6.91. The van der Waals surface area contributed by atoms with Gasteiger partial charge in [-0.05, 0) is 76.4 Å². The van der Waals surface area contributed by atoms with Crippen LogP contribution in [0.4, 0.5) is 0 Å². The van der Waals surface area contributed by atoms with Crippen molar-refractivity contribution in [1.29, 1.82) is 0 Å². The van der Waals surface area contributed by atoms with Gasteiger partial charge in [-0.15, -0.1) is 0 Å². The standard InChI is InChI=1S/C29H24Br2N2O4/c1-3-24(36-26-14-12-19-6-4-5-7-23(19)27(26)31)28(34)33-32-17-21-16-22(30)13-15-25(21)37-29(35)20-10-8-18(2)9-11-20/h4-17,24H,3H2,1-2H3,(H,33,34). The van der Waals surface area contributed by atoms with Gasteiger partial charge in [-0.2, -0.15) is 5.10 Å². The molecule has 4 rings (SSSR count). The van der Waals surface area contributed by atoms with E-state index in [1.807, 2.05) is 62.4 Å². The third-order valence-electron chi connectivity index (χ3n) is 5.60. The number of hydrogen-bond acceptors (Lipinski definition) is 5. The lowest BCUT2D eigenvalue weighted by atomic mass is 10.1. The van der Waals surface area contributed by atoms with Gasteiger partial charge in [0.1, 0.15) is 11.5 Å². The van der Waals surface area contributed by atoms with Crippen molar-refractivity contribution in [1.82, 2.24) is 5.43 Å². The predicted molar refractivity (Wildman–Crippen MR) is 152 cm³/mol. The minimum absolute atomic E-state index is 0.315. The summed E-state index contributed by atoms with van der Waals surface area (Å²) in [5.74, 6) is 0.00514. The second kappa shape index (κ2) is 12.2. The summed E-state index contributed by atoms with van der Waals surface area (Å²) < 4.78 is 13.2. The van der Waals surface area contributed by atoms with Crippen LogP contribution in [0.5, 0.6) is 11.5 Å². The number of rotatable bonds is 8. The van der Waals surface area contributed by atoms with E-state index in [0.29, 0.717) is 29.0 Å². The molecular formula is C29H24Br2N2O4. The molecule has 1 atom stereocenters. The Morgan fingerprint density at radius 3 is 2.46 bits per heavy atom. The highest BCUT2D eigenvalue weighted by Gasteiger charge is 2.20. The van der Waals surface area contributed by atoms with Crippen LogP contribution in [0.1, 0.15) is 34.8 Å². The molecule has 0 aliphatic heterocycles. The van der Waals surface area contributed by atoms with Crippen molar-refractivity contribution in [3.63, 3.8) is 0 Å². The normalized spacial score (nSPS) is 11.9. The van der Waals surface area contributed by atoms with E-state index in [9.17, 15) is 9.59 Å². The zero-order valence-corrected chi connectivity index (χ0v) is 23.4. The van der Waals surface area contributed by atoms with Gasteiger partial charge in [0.25, 0.3) is 5.91 Å². The maximum absolute atomic E-state index is 12.8. The summed E-state index contributed by atoms with van der Waals surface area (Å²) in [6.07, 6.45) is 1.12. The van der Waals surface area contributed by atoms with Crippen LogP contribution in [0.3, 0.4) is 0 Å². The van der Waals surface area contributed by atoms with Crippen molar-refractivity contribution >= 4 is 60.7 Å². The van der Waals surface area contributed by atoms with Crippen LogP contribution in [-0.2, 0) is 4.79 Å². The number of benzene rings is 4. The first-order valence-corrected chi connectivity index (χ1v) is 13.2. The summed E-state index contributed by atoms with van der Waals surface area (Å²) in [4.78, 5) is 25.4. The van der Waals surface area contributed by atoms with E-state index in [-0.39, 0.29) is 0 Å². The van der Waals surface area contributed by atoms with Crippen LogP contribution in [-0.4, -0.2) is 24.2 Å². The first kappa shape index (κ1) is 26.6. The Kier molecular flexibility index (Phi) is 8.74. The lowest BCUT2D eigenvalue weighted by molar-refractivity contribution is -0.128. The van der Waals surface area contributed by atoms with Gasteiger partial charge in [-0.25, -0.2) is 10.2 Å². The molecule has 0 saturated carbocycles. The topological polar surface area (TPSA) is 77.0 Å². The number of carbonyl (C=O) groups is 2. The van der Waals surface area contributed by atoms with Crippen molar-refractivity contribution in [3.05, 3.63) is 104 Å². The van der Waals surface area contributed by atoms with Crippen LogP contribution >= 0.6 is 31.9 Å². The van der Waals surface area contributed by atoms with Gasteiger partial charge >= 0.3 is 5.97 Å². The first-order valence-electron chi connectivity index (χ1n) is 11.6. The van der Waals surface area contributed by atoms with Crippen molar-refractivity contribution in [2.45, 2.75) is 26.4 Å². The van der Waals surface area contributed by atoms with Crippen molar-refractivity contribution in [2.75, 3.05) is 0 Å². The molecule has 0 aliphatic rings. The van der Waals surface area contributed by atoms with E-state index < -0.39 is 18.0 Å². The summed E-state index contributed by atoms with van der Waals surface area (Å²) in [6, 6.07) is 24.0. The van der Waals surface area contributed by atoms with Crippen molar-refractivity contribution < 1.29 is 19.1 Å². The predicted octanol–water partition coefficient (Wildman–Crippen LogP) is 7.20. The summed E-state index contributed by atoms with van der Waals surface area (Å²) in [6.45, 7) is 3.81. The molecule has 1 N–H and O–H groups in total. The second-order valence-corrected chi connectivity index (χ2v) is 9.99. The summed E-state index contributed by atoms with van der Waals surface area (Å²) in [7, 11) is 0. The average molecular weight is 624 g/mol. The highest BCUT2D eigenvalue weighted by Crippen LogP contribution is 2.34. The van der Waals surface area contributed by atoms with Crippen molar-refractivity contribution in [3.8, 4) is 11.5 Å². The zero-order valence-electron chi connectivity index (χ0n) is 20.2. The third kappa shape index (κ3) is 6.64. The molecule has 1 amide bonds. The SMILES string of the molecule is CCC(Oc1ccc2ccccc2c1Br)C(=O)NN=Cc1cc(Br)ccc1OC(=O)c1ccc(C)cc1. The Morgan fingerprint density at radius 1 is 0.973 bits per heavy atom. The number of nitrogens with one attached hydrogen (secondary N) is 1. The fourth-order valence-electron chi connectivity index (χ4n) is 3.58. The molecule has 4 aromatic rings. The van der Waals surface area contributed by atoms with Crippen LogP contribution < -0.4 is 14.9 Å². The van der Waals surface area contributed by atoms with Gasteiger partial charge in [-0.3, -0.25) is 4.79 Å². The number of fused-ring (bicyclic) bond motifs is 1. The number of nitrogens with zero attached hydrogens (tertiary/aromatic N) is 1. The second-order valence-electron chi connectivity index (χ2n) is 8.29. The number of carbonyl (C=O) groups excluding carboxylic acids is 2. The number of hydrazone groups is 1. The van der Waals surface area contributed by atoms with Gasteiger partial charge in [0.15, 0.2) is 6.10 Å². The van der Waals surface area contributed by atoms with Gasteiger partial charge in [0, 0.05) is 10.0 Å². The average Bonchev–Trinajstić information content (AvgIpc) is 2.90. The molecule has 8 heteroatoms. The fourth-order valence-corrected chi connectivity index (χ4v) is 4.54. The van der Waals surface area contributed by atoms with E-state index >= 15 is 0 Å². The van der Waals surface area contributed by atoms with Gasteiger partial charge < -0.3 is 9.47 Å². The summed E-state index contributed by atoms with van der Waals surface area (Å²) >= 11 is 7.01. The molecule has 37 heavy (non-hydrogen) atoms. The zero-order chi connectivity index (χ0) is 26.4. The van der Waals surface area contributed by atoms with Crippen LogP contribution in [0.15, 0.2) is 92.9 Å². The molecule has 4 aromatic carbocycles. The monoisotopic (exact) mass is 622 g/mol. The van der Waals surface area contributed by atoms with Gasteiger partial charge in [-0.1, -0.05) is 70.9 Å². The van der Waals surface area contributed by atoms with E-state index in [4.69, 9.17) is 9.47 Å². The van der Waals surface area contributed by atoms with Crippen LogP contribution in [0.25, 0.3) is 10.8 Å². The van der Waals surface area contributed by atoms with Gasteiger partial charge in [0.05, 0.1) is 16.3 Å². The number of aryl methyl sites for hydroxylation is 1. The number of hydrogen-bond donors (Lipinski definition) is 1. The molecule has 0 saturated heterocycles. The van der Waals surface area contributed by atoms with Crippen LogP contribution in [0, 0.1) is 6.92 Å². The Labute approximate surface area is 231 Å². The molecular weight excluding hydrogens is 600 g/mol. The fraction of sp³-hybridized carbons (Fsp3) is 0.138. The molecule has 0 bridgehead atoms. The molecule has 0 fully saturated rings. The lowest BCUT2D eigenvalue weighted by Crippen LogP contribution is -2.35. The lowest BCUT2D eigenvalue weighted by Gasteiger charge is -2.17. The van der Waals surface area contributed by atoms with E-state index in [2.05, 4.69) is 42.4 Å².